The topological polar surface area (TPSA) is 47.6 Å². The van der Waals surface area contributed by atoms with E-state index in [4.69, 9.17) is 15.9 Å². The third-order valence-corrected chi connectivity index (χ3v) is 1.67. The van der Waals surface area contributed by atoms with Crippen LogP contribution >= 0.6 is 0 Å². The van der Waals surface area contributed by atoms with Crippen molar-refractivity contribution in [2.75, 3.05) is 7.11 Å². The van der Waals surface area contributed by atoms with E-state index in [2.05, 4.69) is 11.2 Å². The largest absolute Gasteiger partial charge is 0.430 e. The van der Waals surface area contributed by atoms with Gasteiger partial charge in [-0.05, 0) is 27.7 Å². The highest BCUT2D eigenvalue weighted by atomic mass is 16.6. The van der Waals surface area contributed by atoms with Crippen LogP contribution in [0.1, 0.15) is 27.7 Å². The van der Waals surface area contributed by atoms with Crippen molar-refractivity contribution in [3.05, 3.63) is 0 Å². The van der Waals surface area contributed by atoms with Crippen molar-refractivity contribution >= 4 is 6.09 Å². The minimum Gasteiger partial charge on any atom is -0.430 e. The first-order valence-corrected chi connectivity index (χ1v) is 4.78. The number of alkyl carbamates (subject to hydrolysis) is 1. The highest BCUT2D eigenvalue weighted by Gasteiger charge is 2.21. The number of hydrogen-bond donors (Lipinski definition) is 1. The van der Waals surface area contributed by atoms with E-state index in [1.165, 1.54) is 7.11 Å². The van der Waals surface area contributed by atoms with E-state index in [0.29, 0.717) is 0 Å². The Hall–Kier alpha value is -1.21. The average Bonchev–Trinajstić information content (AvgIpc) is 2.10. The second-order valence-corrected chi connectivity index (χ2v) is 4.31. The van der Waals surface area contributed by atoms with Gasteiger partial charge in [0.1, 0.15) is 6.10 Å². The summed E-state index contributed by atoms with van der Waals surface area (Å²) in [6.07, 6.45) is 3.71. The van der Waals surface area contributed by atoms with Gasteiger partial charge in [-0.25, -0.2) is 4.79 Å². The number of terminal acetylenes is 1. The van der Waals surface area contributed by atoms with Gasteiger partial charge in [-0.1, -0.05) is 5.92 Å². The molecule has 0 aromatic rings. The van der Waals surface area contributed by atoms with E-state index in [-0.39, 0.29) is 11.6 Å². The third-order valence-electron chi connectivity index (χ3n) is 1.67. The van der Waals surface area contributed by atoms with Crippen LogP contribution in [0.15, 0.2) is 0 Å². The first kappa shape index (κ1) is 13.8. The van der Waals surface area contributed by atoms with Gasteiger partial charge in [-0.15, -0.1) is 6.42 Å². The fourth-order valence-electron chi connectivity index (χ4n) is 0.840. The number of nitrogens with one attached hydrogen (secondary N) is 1. The van der Waals surface area contributed by atoms with Crippen LogP contribution in [0.25, 0.3) is 0 Å². The first-order chi connectivity index (χ1) is 6.80. The Bertz CT molecular complexity index is 250. The summed E-state index contributed by atoms with van der Waals surface area (Å²) in [5.41, 5.74) is -0.341. The molecule has 15 heavy (non-hydrogen) atoms. The zero-order valence-corrected chi connectivity index (χ0v) is 9.96. The molecule has 0 saturated carbocycles. The van der Waals surface area contributed by atoms with Crippen molar-refractivity contribution in [3.8, 4) is 12.3 Å². The maximum absolute atomic E-state index is 11.4. The molecule has 86 valence electrons. The predicted molar refractivity (Wildman–Crippen MR) is 58.5 cm³/mol. The minimum absolute atomic E-state index is 0.319. The maximum atomic E-state index is 11.4. The molecule has 0 aliphatic rings. The van der Waals surface area contributed by atoms with E-state index in [1.54, 1.807) is 6.92 Å². The summed E-state index contributed by atoms with van der Waals surface area (Å²) in [5.74, 6) is 2.36. The molecule has 2 atom stereocenters. The fourth-order valence-corrected chi connectivity index (χ4v) is 0.840. The summed E-state index contributed by atoms with van der Waals surface area (Å²) in [6.45, 7) is 7.32. The van der Waals surface area contributed by atoms with E-state index in [0.717, 1.165) is 0 Å². The van der Waals surface area contributed by atoms with Gasteiger partial charge in [0, 0.05) is 12.6 Å². The van der Waals surface area contributed by atoms with Gasteiger partial charge in [0.2, 0.25) is 0 Å². The molecule has 0 aliphatic heterocycles. The van der Waals surface area contributed by atoms with Crippen LogP contribution in [0, 0.1) is 12.3 Å². The van der Waals surface area contributed by atoms with Crippen LogP contribution < -0.4 is 5.32 Å². The molecule has 4 heteroatoms. The minimum atomic E-state index is -0.669. The second-order valence-electron chi connectivity index (χ2n) is 4.31. The first-order valence-electron chi connectivity index (χ1n) is 4.78. The van der Waals surface area contributed by atoms with Crippen molar-refractivity contribution in [1.29, 1.82) is 0 Å². The predicted octanol–water partition coefficient (Wildman–Crippen LogP) is 1.55. The summed E-state index contributed by atoms with van der Waals surface area (Å²) in [5, 5.41) is 2.65. The normalized spacial score (nSPS) is 14.9. The summed E-state index contributed by atoms with van der Waals surface area (Å²) >= 11 is 0. The lowest BCUT2D eigenvalue weighted by atomic mass is 10.1. The standard InChI is InChI=1S/C11H19NO3/c1-7-9(8(2)14-6)15-10(13)12-11(3,4)5/h1,8-9H,2-6H3,(H,12,13)/t8-,9-/m0/s1. The zero-order valence-electron chi connectivity index (χ0n) is 9.96. The van der Waals surface area contributed by atoms with Gasteiger partial charge in [0.15, 0.2) is 6.10 Å². The second kappa shape index (κ2) is 5.62. The Morgan fingerprint density at radius 2 is 2.00 bits per heavy atom. The molecule has 0 aromatic heterocycles. The van der Waals surface area contributed by atoms with Gasteiger partial charge in [0.25, 0.3) is 0 Å². The Morgan fingerprint density at radius 3 is 2.33 bits per heavy atom. The lowest BCUT2D eigenvalue weighted by Gasteiger charge is -2.23. The van der Waals surface area contributed by atoms with Gasteiger partial charge < -0.3 is 14.8 Å². The van der Waals surface area contributed by atoms with Gasteiger partial charge in [0.05, 0.1) is 0 Å². The number of rotatable bonds is 3. The molecular formula is C11H19NO3. The molecule has 0 saturated heterocycles. The maximum Gasteiger partial charge on any atom is 0.408 e. The highest BCUT2D eigenvalue weighted by molar-refractivity contribution is 5.68. The van der Waals surface area contributed by atoms with Crippen LogP contribution in [-0.4, -0.2) is 30.9 Å². The molecule has 0 unspecified atom stereocenters. The van der Waals surface area contributed by atoms with Crippen LogP contribution in [0.2, 0.25) is 0 Å². The fraction of sp³-hybridized carbons (Fsp3) is 0.727. The van der Waals surface area contributed by atoms with Crippen molar-refractivity contribution in [2.45, 2.75) is 45.4 Å². The van der Waals surface area contributed by atoms with Crippen LogP contribution in [0.3, 0.4) is 0 Å². The molecule has 0 aromatic carbocycles. The number of methoxy groups -OCH3 is 1. The Morgan fingerprint density at radius 1 is 1.47 bits per heavy atom. The molecule has 0 fully saturated rings. The Labute approximate surface area is 91.3 Å². The van der Waals surface area contributed by atoms with Crippen LogP contribution in [0.4, 0.5) is 4.79 Å². The molecule has 0 aliphatic carbocycles. The van der Waals surface area contributed by atoms with Crippen molar-refractivity contribution < 1.29 is 14.3 Å². The van der Waals surface area contributed by atoms with Gasteiger partial charge in [-0.3, -0.25) is 0 Å². The van der Waals surface area contributed by atoms with E-state index >= 15 is 0 Å². The summed E-state index contributed by atoms with van der Waals surface area (Å²) < 4.78 is 10.0. The third kappa shape index (κ3) is 5.97. The number of carbonyl (C=O) groups is 1. The Balaban J connectivity index is 4.21. The van der Waals surface area contributed by atoms with Crippen molar-refractivity contribution in [2.24, 2.45) is 0 Å². The van der Waals surface area contributed by atoms with Crippen LogP contribution in [-0.2, 0) is 9.47 Å². The monoisotopic (exact) mass is 213 g/mol. The molecule has 0 radical (unpaired) electrons. The molecular weight excluding hydrogens is 194 g/mol. The van der Waals surface area contributed by atoms with Crippen molar-refractivity contribution in [3.63, 3.8) is 0 Å². The lowest BCUT2D eigenvalue weighted by molar-refractivity contribution is 0.0128. The molecule has 1 amide bonds. The quantitative estimate of drug-likeness (QED) is 0.723. The average molecular weight is 213 g/mol. The molecule has 4 nitrogen and oxygen atoms in total. The van der Waals surface area contributed by atoms with E-state index < -0.39 is 12.2 Å². The number of amides is 1. The van der Waals surface area contributed by atoms with Crippen LogP contribution in [0.5, 0.6) is 0 Å². The lowest BCUT2D eigenvalue weighted by Crippen LogP contribution is -2.43. The smallest absolute Gasteiger partial charge is 0.408 e. The summed E-state index contributed by atoms with van der Waals surface area (Å²) in [7, 11) is 1.51. The van der Waals surface area contributed by atoms with Gasteiger partial charge >= 0.3 is 6.09 Å². The number of ether oxygens (including phenoxy) is 2. The summed E-state index contributed by atoms with van der Waals surface area (Å²) in [6, 6.07) is 0. The van der Waals surface area contributed by atoms with Crippen molar-refractivity contribution in [1.82, 2.24) is 5.32 Å². The molecule has 0 rings (SSSR count). The number of hydrogen-bond acceptors (Lipinski definition) is 3. The summed E-state index contributed by atoms with van der Waals surface area (Å²) in [4.78, 5) is 11.4. The van der Waals surface area contributed by atoms with E-state index in [9.17, 15) is 4.79 Å². The SMILES string of the molecule is C#C[C@H](OC(=O)NC(C)(C)C)[C@H](C)OC. The molecule has 1 N–H and O–H groups in total. The van der Waals surface area contributed by atoms with E-state index in [1.807, 2.05) is 20.8 Å². The zero-order chi connectivity index (χ0) is 12.1. The highest BCUT2D eigenvalue weighted by Crippen LogP contribution is 2.04. The molecule has 0 bridgehead atoms. The molecule has 0 spiro atoms. The number of carbonyl (C=O) groups excluding carboxylic acids is 1. The molecule has 0 heterocycles. The Kier molecular flexibility index (Phi) is 5.16. The van der Waals surface area contributed by atoms with Gasteiger partial charge in [-0.2, -0.15) is 0 Å².